The topological polar surface area (TPSA) is 104 Å². The fourth-order valence-electron chi connectivity index (χ4n) is 6.54. The van der Waals surface area contributed by atoms with E-state index in [1.807, 2.05) is 0 Å². The number of hydrogen-bond acceptors (Lipinski definition) is 5. The third-order valence-electron chi connectivity index (χ3n) is 9.29. The Morgan fingerprint density at radius 3 is 1.98 bits per heavy atom. The van der Waals surface area contributed by atoms with Crippen LogP contribution in [0, 0.1) is 23.4 Å². The maximum absolute atomic E-state index is 14.5. The van der Waals surface area contributed by atoms with Gasteiger partial charge < -0.3 is 19.6 Å². The summed E-state index contributed by atoms with van der Waals surface area (Å²) in [6, 6.07) is 6.92. The second-order valence-corrected chi connectivity index (χ2v) is 14.5. The van der Waals surface area contributed by atoms with Gasteiger partial charge in [-0.15, -0.1) is 0 Å². The number of carboxylic acid groups (broad SMARTS) is 1. The maximum atomic E-state index is 14.5. The third-order valence-corrected chi connectivity index (χ3v) is 11.8. The van der Waals surface area contributed by atoms with Gasteiger partial charge in [-0.3, -0.25) is 4.79 Å². The van der Waals surface area contributed by atoms with E-state index in [4.69, 9.17) is 0 Å². The number of rotatable bonds is 8. The molecule has 3 aromatic carbocycles. The smallest absolute Gasteiger partial charge is 0.430 e. The number of carboxylic acids is 1. The molecule has 0 spiro atoms. The number of benzene rings is 3. The van der Waals surface area contributed by atoms with Crippen LogP contribution in [0.2, 0.25) is 0 Å². The van der Waals surface area contributed by atoms with Crippen molar-refractivity contribution in [1.82, 2.24) is 9.80 Å². The van der Waals surface area contributed by atoms with Crippen LogP contribution in [0.1, 0.15) is 36.0 Å². The number of carbonyl (C=O) groups excluding carboxylic acids is 1. The lowest BCUT2D eigenvalue weighted by Gasteiger charge is -2.38. The minimum Gasteiger partial charge on any atom is -0.481 e. The van der Waals surface area contributed by atoms with E-state index in [1.165, 1.54) is 4.90 Å². The molecule has 0 bridgehead atoms. The summed E-state index contributed by atoms with van der Waals surface area (Å²) >= 11 is 0. The van der Waals surface area contributed by atoms with Gasteiger partial charge in [-0.1, -0.05) is 30.3 Å². The Kier molecular flexibility index (Phi) is 10.2. The van der Waals surface area contributed by atoms with E-state index in [2.05, 4.69) is 4.74 Å². The van der Waals surface area contributed by atoms with Crippen molar-refractivity contribution in [1.29, 1.82) is 0 Å². The summed E-state index contributed by atoms with van der Waals surface area (Å²) in [5.74, 6) is -5.75. The minimum atomic E-state index is -6.26. The number of piperidine rings is 1. The van der Waals surface area contributed by atoms with Crippen LogP contribution in [0.15, 0.2) is 71.6 Å². The zero-order valence-corrected chi connectivity index (χ0v) is 27.1. The molecule has 8 nitrogen and oxygen atoms in total. The van der Waals surface area contributed by atoms with Crippen molar-refractivity contribution < 1.29 is 67.4 Å². The van der Waals surface area contributed by atoms with Crippen LogP contribution < -0.4 is 0 Å². The molecule has 0 radical (unpaired) electrons. The highest BCUT2D eigenvalue weighted by Gasteiger charge is 2.73. The van der Waals surface area contributed by atoms with Crippen molar-refractivity contribution in [2.75, 3.05) is 26.2 Å². The molecule has 2 saturated heterocycles. The molecule has 0 saturated carbocycles. The van der Waals surface area contributed by atoms with Gasteiger partial charge in [-0.2, -0.15) is 26.3 Å². The summed E-state index contributed by atoms with van der Waals surface area (Å²) in [6.45, 7) is -2.73. The molecular weight excluding hydrogens is 723 g/mol. The fraction of sp³-hybridized carbons (Fsp3) is 0.394. The van der Waals surface area contributed by atoms with Gasteiger partial charge in [0, 0.05) is 37.3 Å². The fourth-order valence-corrected chi connectivity index (χ4v) is 8.62. The lowest BCUT2D eigenvalue weighted by Crippen LogP contribution is -2.56. The van der Waals surface area contributed by atoms with Gasteiger partial charge in [0.15, 0.2) is 9.84 Å². The van der Waals surface area contributed by atoms with E-state index in [9.17, 15) is 62.6 Å². The summed E-state index contributed by atoms with van der Waals surface area (Å²) in [5.41, 5.74) is -8.25. The predicted octanol–water partition coefficient (Wildman–Crippen LogP) is 6.93. The van der Waals surface area contributed by atoms with Crippen molar-refractivity contribution in [2.45, 2.75) is 53.5 Å². The van der Waals surface area contributed by atoms with Crippen LogP contribution in [0.3, 0.4) is 0 Å². The van der Waals surface area contributed by atoms with Gasteiger partial charge in [0.25, 0.3) is 5.60 Å². The molecule has 2 fully saturated rings. The Hall–Kier alpha value is -4.32. The molecule has 2 aliphatic heterocycles. The van der Waals surface area contributed by atoms with Crippen molar-refractivity contribution >= 4 is 21.8 Å². The van der Waals surface area contributed by atoms with Gasteiger partial charge in [0.2, 0.25) is 0 Å². The largest absolute Gasteiger partial charge is 0.481 e. The Morgan fingerprint density at radius 1 is 0.843 bits per heavy atom. The van der Waals surface area contributed by atoms with Crippen LogP contribution >= 0.6 is 0 Å². The summed E-state index contributed by atoms with van der Waals surface area (Å²) in [6.07, 6.45) is -12.3. The standard InChI is InChI=1S/C33H29F9N2O6S/c34-23-10-12-24(13-11-23)51(48,49)30(14-16-44(19-30)29(47)43-15-2-3-20(17-43)28(45)46)21-6-8-22(9-7-21)31(32(37,38)39,33(40,41)42)50-18-25-26(35)4-1-5-27(25)36/h1,4-13,20H,2-3,14-19H2,(H,45,46)/t20-,30+/m1/s1. The molecule has 0 aliphatic carbocycles. The van der Waals surface area contributed by atoms with E-state index in [0.29, 0.717) is 49.2 Å². The zero-order chi connectivity index (χ0) is 37.6. The number of ether oxygens (including phenoxy) is 1. The lowest BCUT2D eigenvalue weighted by molar-refractivity contribution is -0.392. The molecule has 2 heterocycles. The molecule has 18 heteroatoms. The number of halogens is 9. The second-order valence-electron chi connectivity index (χ2n) is 12.3. The van der Waals surface area contributed by atoms with Crippen molar-refractivity contribution in [2.24, 2.45) is 5.92 Å². The minimum absolute atomic E-state index is 0.152. The third kappa shape index (κ3) is 6.74. The summed E-state index contributed by atoms with van der Waals surface area (Å²) in [4.78, 5) is 27.0. The summed E-state index contributed by atoms with van der Waals surface area (Å²) in [5, 5.41) is 9.44. The Balaban J connectivity index is 1.58. The lowest BCUT2D eigenvalue weighted by atomic mass is 9.88. The van der Waals surface area contributed by atoms with Crippen molar-refractivity contribution in [3.63, 3.8) is 0 Å². The first-order chi connectivity index (χ1) is 23.7. The molecule has 51 heavy (non-hydrogen) atoms. The van der Waals surface area contributed by atoms with Crippen LogP contribution in [0.25, 0.3) is 0 Å². The molecule has 1 N–H and O–H groups in total. The average Bonchev–Trinajstić information content (AvgIpc) is 3.53. The molecule has 2 aliphatic rings. The Morgan fingerprint density at radius 2 is 1.43 bits per heavy atom. The first-order valence-electron chi connectivity index (χ1n) is 15.3. The molecule has 2 atom stereocenters. The van der Waals surface area contributed by atoms with Gasteiger partial charge in [-0.05, 0) is 61.2 Å². The zero-order valence-electron chi connectivity index (χ0n) is 26.3. The number of hydrogen-bond donors (Lipinski definition) is 1. The quantitative estimate of drug-likeness (QED) is 0.198. The number of amides is 2. The highest BCUT2D eigenvalue weighted by atomic mass is 32.2. The SMILES string of the molecule is O=C(O)[C@@H]1CCCN(C(=O)N2CC[C@](c3ccc(C(OCc4c(F)cccc4F)(C(F)(F)F)C(F)(F)F)cc3)(S(=O)(=O)c3ccc(F)cc3)C2)C1. The molecule has 0 unspecified atom stereocenters. The highest BCUT2D eigenvalue weighted by Crippen LogP contribution is 2.54. The first-order valence-corrected chi connectivity index (χ1v) is 16.8. The van der Waals surface area contributed by atoms with Crippen LogP contribution in [-0.4, -0.2) is 73.9 Å². The van der Waals surface area contributed by atoms with Crippen LogP contribution in [-0.2, 0) is 36.3 Å². The van der Waals surface area contributed by atoms with Crippen LogP contribution in [0.4, 0.5) is 44.3 Å². The van der Waals surface area contributed by atoms with Gasteiger partial charge in [-0.25, -0.2) is 26.4 Å². The van der Waals surface area contributed by atoms with E-state index in [1.54, 1.807) is 0 Å². The molecular formula is C33H29F9N2O6S. The Labute approximate surface area is 285 Å². The number of urea groups is 1. The normalized spacial score (nSPS) is 20.5. The number of nitrogens with zero attached hydrogens (tertiary/aromatic N) is 2. The van der Waals surface area contributed by atoms with Crippen LogP contribution in [0.5, 0.6) is 0 Å². The maximum Gasteiger partial charge on any atom is 0.430 e. The molecule has 5 rings (SSSR count). The van der Waals surface area contributed by atoms with E-state index >= 15 is 0 Å². The second kappa shape index (κ2) is 13.7. The van der Waals surface area contributed by atoms with E-state index < -0.39 is 104 Å². The number of sulfone groups is 1. The molecule has 3 aromatic rings. The average molecular weight is 753 g/mol. The number of alkyl halides is 6. The van der Waals surface area contributed by atoms with E-state index in [-0.39, 0.29) is 25.2 Å². The van der Waals surface area contributed by atoms with E-state index in [0.717, 1.165) is 35.2 Å². The van der Waals surface area contributed by atoms with Crippen molar-refractivity contribution in [3.05, 3.63) is 101 Å². The summed E-state index contributed by atoms with van der Waals surface area (Å²) < 4.78 is 160. The Bertz CT molecular complexity index is 1850. The number of carbonyl (C=O) groups is 2. The predicted molar refractivity (Wildman–Crippen MR) is 160 cm³/mol. The first kappa shape index (κ1) is 37.9. The summed E-state index contributed by atoms with van der Waals surface area (Å²) in [7, 11) is -4.68. The number of likely N-dealkylation sites (tertiary alicyclic amines) is 2. The molecule has 276 valence electrons. The van der Waals surface area contributed by atoms with Gasteiger partial charge in [0.05, 0.1) is 17.4 Å². The van der Waals surface area contributed by atoms with Crippen molar-refractivity contribution in [3.8, 4) is 0 Å². The monoisotopic (exact) mass is 752 g/mol. The van der Waals surface area contributed by atoms with Gasteiger partial charge >= 0.3 is 24.4 Å². The molecule has 0 aromatic heterocycles. The highest BCUT2D eigenvalue weighted by molar-refractivity contribution is 7.92. The molecule has 2 amide bonds. The van der Waals surface area contributed by atoms with Gasteiger partial charge in [0.1, 0.15) is 22.2 Å². The number of aliphatic carboxylic acids is 1.